The molecule has 0 saturated heterocycles. The van der Waals surface area contributed by atoms with Crippen LogP contribution in [-0.4, -0.2) is 28.5 Å². The van der Waals surface area contributed by atoms with Crippen molar-refractivity contribution in [2.45, 2.75) is 26.3 Å². The van der Waals surface area contributed by atoms with Gasteiger partial charge in [-0.1, -0.05) is 25.5 Å². The van der Waals surface area contributed by atoms with Crippen LogP contribution in [0.1, 0.15) is 25.6 Å². The highest BCUT2D eigenvalue weighted by molar-refractivity contribution is 5.77. The fourth-order valence-corrected chi connectivity index (χ4v) is 1.97. The number of fused-ring (bicyclic) bond motifs is 1. The van der Waals surface area contributed by atoms with E-state index in [1.54, 1.807) is 6.07 Å². The van der Waals surface area contributed by atoms with Gasteiger partial charge in [0.15, 0.2) is 0 Å². The Kier molecular flexibility index (Phi) is 4.10. The molecule has 0 bridgehead atoms. The van der Waals surface area contributed by atoms with Crippen molar-refractivity contribution in [3.05, 3.63) is 40.4 Å². The third kappa shape index (κ3) is 2.96. The van der Waals surface area contributed by atoms with Gasteiger partial charge in [0, 0.05) is 0 Å². The minimum atomic E-state index is -0.0560. The molecular weight excluding hydrogens is 226 g/mol. The first-order chi connectivity index (χ1) is 8.70. The molecule has 2 aromatic rings. The first-order valence-electron chi connectivity index (χ1n) is 6.37. The van der Waals surface area contributed by atoms with Gasteiger partial charge in [-0.25, -0.2) is 4.98 Å². The van der Waals surface area contributed by atoms with Crippen molar-refractivity contribution >= 4 is 10.9 Å². The zero-order valence-electron chi connectivity index (χ0n) is 10.9. The molecule has 2 rings (SSSR count). The Hall–Kier alpha value is -1.68. The molecule has 18 heavy (non-hydrogen) atoms. The third-order valence-electron chi connectivity index (χ3n) is 2.97. The van der Waals surface area contributed by atoms with E-state index in [-0.39, 0.29) is 5.56 Å². The van der Waals surface area contributed by atoms with Gasteiger partial charge in [-0.2, -0.15) is 0 Å². The number of unbranched alkanes of at least 4 members (excludes halogenated alkanes) is 1. The molecule has 0 fully saturated rings. The summed E-state index contributed by atoms with van der Waals surface area (Å²) in [4.78, 5) is 21.4. The van der Waals surface area contributed by atoms with E-state index in [9.17, 15) is 4.79 Å². The number of rotatable bonds is 5. The van der Waals surface area contributed by atoms with Crippen molar-refractivity contribution in [2.24, 2.45) is 0 Å². The lowest BCUT2D eigenvalue weighted by atomic mass is 10.2. The van der Waals surface area contributed by atoms with Gasteiger partial charge in [-0.3, -0.25) is 9.69 Å². The van der Waals surface area contributed by atoms with Crippen molar-refractivity contribution in [1.82, 2.24) is 14.9 Å². The number of hydrogen-bond acceptors (Lipinski definition) is 3. The molecule has 0 amide bonds. The molecule has 96 valence electrons. The van der Waals surface area contributed by atoms with Crippen LogP contribution in [0, 0.1) is 0 Å². The summed E-state index contributed by atoms with van der Waals surface area (Å²) in [6.45, 7) is 3.87. The average Bonchev–Trinajstić information content (AvgIpc) is 2.36. The minimum absolute atomic E-state index is 0.0560. The summed E-state index contributed by atoms with van der Waals surface area (Å²) in [5.41, 5.74) is 0.708. The van der Waals surface area contributed by atoms with E-state index in [2.05, 4.69) is 21.8 Å². The number of benzene rings is 1. The lowest BCUT2D eigenvalue weighted by Crippen LogP contribution is -2.23. The Morgan fingerprint density at radius 1 is 1.33 bits per heavy atom. The van der Waals surface area contributed by atoms with Gasteiger partial charge in [0.2, 0.25) is 0 Å². The van der Waals surface area contributed by atoms with E-state index >= 15 is 0 Å². The number of aromatic amines is 1. The van der Waals surface area contributed by atoms with Crippen molar-refractivity contribution in [2.75, 3.05) is 13.6 Å². The molecule has 0 aliphatic rings. The van der Waals surface area contributed by atoms with Gasteiger partial charge >= 0.3 is 0 Å². The quantitative estimate of drug-likeness (QED) is 0.878. The predicted octanol–water partition coefficient (Wildman–Crippen LogP) is 2.16. The topological polar surface area (TPSA) is 49.0 Å². The molecule has 0 unspecified atom stereocenters. The van der Waals surface area contributed by atoms with E-state index in [1.165, 1.54) is 6.42 Å². The molecule has 0 saturated carbocycles. The van der Waals surface area contributed by atoms with Gasteiger partial charge in [0.1, 0.15) is 5.82 Å². The highest BCUT2D eigenvalue weighted by atomic mass is 16.1. The zero-order chi connectivity index (χ0) is 13.0. The van der Waals surface area contributed by atoms with Crippen molar-refractivity contribution in [1.29, 1.82) is 0 Å². The highest BCUT2D eigenvalue weighted by Crippen LogP contribution is 2.06. The smallest absolute Gasteiger partial charge is 0.258 e. The maximum Gasteiger partial charge on any atom is 0.258 e. The Morgan fingerprint density at radius 3 is 2.89 bits per heavy atom. The number of H-pyrrole nitrogens is 1. The van der Waals surface area contributed by atoms with Crippen molar-refractivity contribution in [3.63, 3.8) is 0 Å². The van der Waals surface area contributed by atoms with Crippen molar-refractivity contribution in [3.8, 4) is 0 Å². The molecule has 0 aliphatic heterocycles. The lowest BCUT2D eigenvalue weighted by molar-refractivity contribution is 0.313. The van der Waals surface area contributed by atoms with Gasteiger partial charge in [-0.05, 0) is 32.1 Å². The molecule has 0 radical (unpaired) electrons. The van der Waals surface area contributed by atoms with Gasteiger partial charge in [0.25, 0.3) is 5.56 Å². The van der Waals surface area contributed by atoms with Crippen LogP contribution in [0.3, 0.4) is 0 Å². The second-order valence-electron chi connectivity index (χ2n) is 4.62. The summed E-state index contributed by atoms with van der Waals surface area (Å²) in [6.07, 6.45) is 2.33. The molecule has 1 aromatic heterocycles. The second kappa shape index (κ2) is 5.78. The minimum Gasteiger partial charge on any atom is -0.309 e. The molecule has 1 N–H and O–H groups in total. The fourth-order valence-electron chi connectivity index (χ4n) is 1.97. The van der Waals surface area contributed by atoms with E-state index in [0.29, 0.717) is 11.9 Å². The first kappa shape index (κ1) is 12.8. The Bertz CT molecular complexity index is 577. The average molecular weight is 245 g/mol. The monoisotopic (exact) mass is 245 g/mol. The van der Waals surface area contributed by atoms with Crippen LogP contribution >= 0.6 is 0 Å². The predicted molar refractivity (Wildman–Crippen MR) is 73.6 cm³/mol. The fraction of sp³-hybridized carbons (Fsp3) is 0.429. The van der Waals surface area contributed by atoms with Crippen LogP contribution in [0.15, 0.2) is 29.1 Å². The van der Waals surface area contributed by atoms with E-state index in [0.717, 1.165) is 24.3 Å². The number of nitrogens with one attached hydrogen (secondary N) is 1. The Labute approximate surface area is 107 Å². The maximum atomic E-state index is 11.9. The summed E-state index contributed by atoms with van der Waals surface area (Å²) in [6, 6.07) is 7.43. The SMILES string of the molecule is CCCCN(C)Cc1nc2ccccc2c(=O)[nH]1. The largest absolute Gasteiger partial charge is 0.309 e. The number of para-hydroxylation sites is 1. The zero-order valence-corrected chi connectivity index (χ0v) is 10.9. The Morgan fingerprint density at radius 2 is 2.11 bits per heavy atom. The van der Waals surface area contributed by atoms with E-state index in [4.69, 9.17) is 0 Å². The summed E-state index contributed by atoms with van der Waals surface area (Å²) < 4.78 is 0. The van der Waals surface area contributed by atoms with Crippen LogP contribution in [0.4, 0.5) is 0 Å². The molecule has 4 heteroatoms. The summed E-state index contributed by atoms with van der Waals surface area (Å²) >= 11 is 0. The van der Waals surface area contributed by atoms with Crippen LogP contribution < -0.4 is 5.56 Å². The van der Waals surface area contributed by atoms with Crippen LogP contribution in [0.25, 0.3) is 10.9 Å². The first-order valence-corrected chi connectivity index (χ1v) is 6.37. The van der Waals surface area contributed by atoms with E-state index in [1.807, 2.05) is 25.2 Å². The molecule has 0 spiro atoms. The molecule has 1 aromatic carbocycles. The Balaban J connectivity index is 2.22. The number of aromatic nitrogens is 2. The standard InChI is InChI=1S/C14H19N3O/c1-3-4-9-17(2)10-13-15-12-8-6-5-7-11(12)14(18)16-13/h5-8H,3-4,9-10H2,1-2H3,(H,15,16,18). The molecule has 1 heterocycles. The van der Waals surface area contributed by atoms with Gasteiger partial charge < -0.3 is 4.98 Å². The summed E-state index contributed by atoms with van der Waals surface area (Å²) in [7, 11) is 2.05. The maximum absolute atomic E-state index is 11.9. The van der Waals surface area contributed by atoms with Crippen LogP contribution in [-0.2, 0) is 6.54 Å². The molecule has 4 nitrogen and oxygen atoms in total. The number of nitrogens with zero attached hydrogens (tertiary/aromatic N) is 2. The molecule has 0 aliphatic carbocycles. The normalized spacial score (nSPS) is 11.3. The highest BCUT2D eigenvalue weighted by Gasteiger charge is 2.05. The third-order valence-corrected chi connectivity index (χ3v) is 2.97. The van der Waals surface area contributed by atoms with Gasteiger partial charge in [-0.15, -0.1) is 0 Å². The summed E-state index contributed by atoms with van der Waals surface area (Å²) in [5.74, 6) is 0.734. The van der Waals surface area contributed by atoms with Crippen LogP contribution in [0.2, 0.25) is 0 Å². The molecular formula is C14H19N3O. The summed E-state index contributed by atoms with van der Waals surface area (Å²) in [5, 5.41) is 0.650. The molecule has 0 atom stereocenters. The van der Waals surface area contributed by atoms with Gasteiger partial charge in [0.05, 0.1) is 17.4 Å². The lowest BCUT2D eigenvalue weighted by Gasteiger charge is -2.15. The van der Waals surface area contributed by atoms with Crippen LogP contribution in [0.5, 0.6) is 0 Å². The number of hydrogen-bond donors (Lipinski definition) is 1. The second-order valence-corrected chi connectivity index (χ2v) is 4.62. The van der Waals surface area contributed by atoms with Crippen molar-refractivity contribution < 1.29 is 0 Å². The van der Waals surface area contributed by atoms with E-state index < -0.39 is 0 Å².